The summed E-state index contributed by atoms with van der Waals surface area (Å²) in [6, 6.07) is 0.905. The molecule has 8 heteroatoms. The molecular weight excluding hydrogens is 386 g/mol. The lowest BCUT2D eigenvalue weighted by Gasteiger charge is -2.44. The summed E-state index contributed by atoms with van der Waals surface area (Å²) in [5.74, 6) is -1.42. The number of esters is 1. The van der Waals surface area contributed by atoms with E-state index in [1.54, 1.807) is 0 Å². The fourth-order valence-electron chi connectivity index (χ4n) is 5.19. The molecule has 1 aromatic rings. The van der Waals surface area contributed by atoms with Gasteiger partial charge in [0.1, 0.15) is 5.75 Å². The second-order valence-corrected chi connectivity index (χ2v) is 8.28. The van der Waals surface area contributed by atoms with E-state index in [9.17, 15) is 31.1 Å². The van der Waals surface area contributed by atoms with E-state index in [4.69, 9.17) is 4.74 Å². The fourth-order valence-corrected chi connectivity index (χ4v) is 5.19. The van der Waals surface area contributed by atoms with Gasteiger partial charge in [-0.2, -0.15) is 26.3 Å². The SMILES string of the molecule is CCC(C)C1C(C(=O)Oc2cc(C(F)(F)F)cc(C(F)(F)F)c2)C2C(C)C12C. The van der Waals surface area contributed by atoms with Gasteiger partial charge in [-0.3, -0.25) is 4.79 Å². The zero-order chi connectivity index (χ0) is 21.2. The predicted molar refractivity (Wildman–Crippen MR) is 89.3 cm³/mol. The Kier molecular flexibility index (Phi) is 4.79. The first-order valence-corrected chi connectivity index (χ1v) is 9.24. The highest BCUT2D eigenvalue weighted by Crippen LogP contribution is 2.79. The predicted octanol–water partition coefficient (Wildman–Crippen LogP) is 6.19. The fraction of sp³-hybridized carbons (Fsp3) is 0.650. The third-order valence-corrected chi connectivity index (χ3v) is 6.93. The van der Waals surface area contributed by atoms with E-state index in [1.807, 2.05) is 20.8 Å². The number of carbonyl (C=O) groups is 1. The summed E-state index contributed by atoms with van der Waals surface area (Å²) in [7, 11) is 0. The Bertz CT molecular complexity index is 752. The van der Waals surface area contributed by atoms with Gasteiger partial charge in [-0.25, -0.2) is 0 Å². The number of alkyl halides is 6. The average Bonchev–Trinajstić information content (AvgIpc) is 3.00. The van der Waals surface area contributed by atoms with Gasteiger partial charge in [0.25, 0.3) is 0 Å². The number of rotatable bonds is 4. The van der Waals surface area contributed by atoms with Crippen molar-refractivity contribution in [2.45, 2.75) is 46.5 Å². The van der Waals surface area contributed by atoms with Crippen LogP contribution in [0.4, 0.5) is 26.3 Å². The standard InChI is InChI=1S/C20H22F6O2/c1-5-9(2)15-14(16-10(3)18(15,16)4)17(27)28-13-7-11(19(21,22)23)6-12(8-13)20(24,25)26/h6-10,14-16H,5H2,1-4H3. The topological polar surface area (TPSA) is 26.3 Å². The number of benzene rings is 1. The number of fused-ring (bicyclic) bond motifs is 1. The van der Waals surface area contributed by atoms with Crippen LogP contribution >= 0.6 is 0 Å². The molecule has 0 heterocycles. The molecule has 0 radical (unpaired) electrons. The van der Waals surface area contributed by atoms with Gasteiger partial charge in [0, 0.05) is 0 Å². The molecule has 6 atom stereocenters. The Morgan fingerprint density at radius 2 is 1.61 bits per heavy atom. The van der Waals surface area contributed by atoms with Crippen molar-refractivity contribution in [2.24, 2.45) is 35.0 Å². The Morgan fingerprint density at radius 1 is 1.11 bits per heavy atom. The van der Waals surface area contributed by atoms with Crippen molar-refractivity contribution in [1.82, 2.24) is 0 Å². The minimum Gasteiger partial charge on any atom is -0.426 e. The molecule has 0 amide bonds. The molecule has 28 heavy (non-hydrogen) atoms. The lowest BCUT2D eigenvalue weighted by atomic mass is 9.60. The summed E-state index contributed by atoms with van der Waals surface area (Å²) in [5.41, 5.74) is -3.01. The molecule has 2 fully saturated rings. The van der Waals surface area contributed by atoms with Crippen LogP contribution < -0.4 is 4.74 Å². The second kappa shape index (κ2) is 6.39. The van der Waals surface area contributed by atoms with Crippen molar-refractivity contribution in [3.05, 3.63) is 29.3 Å². The Balaban J connectivity index is 1.88. The molecule has 156 valence electrons. The van der Waals surface area contributed by atoms with Gasteiger partial charge in [0.2, 0.25) is 0 Å². The Labute approximate surface area is 159 Å². The molecule has 2 aliphatic rings. The molecular formula is C20H22F6O2. The molecule has 0 spiro atoms. The molecule has 3 rings (SSSR count). The van der Waals surface area contributed by atoms with Gasteiger partial charge in [0.15, 0.2) is 0 Å². The lowest BCUT2D eigenvalue weighted by molar-refractivity contribution is -0.152. The van der Waals surface area contributed by atoms with Crippen LogP contribution in [-0.2, 0) is 17.1 Å². The normalized spacial score (nSPS) is 32.9. The van der Waals surface area contributed by atoms with Crippen molar-refractivity contribution < 1.29 is 35.9 Å². The van der Waals surface area contributed by atoms with Crippen molar-refractivity contribution in [1.29, 1.82) is 0 Å². The number of halogens is 6. The molecule has 2 nitrogen and oxygen atoms in total. The minimum atomic E-state index is -4.98. The maximum absolute atomic E-state index is 13.0. The zero-order valence-corrected chi connectivity index (χ0v) is 15.9. The van der Waals surface area contributed by atoms with E-state index in [2.05, 4.69) is 6.92 Å². The highest BCUT2D eigenvalue weighted by atomic mass is 19.4. The lowest BCUT2D eigenvalue weighted by Crippen LogP contribution is -2.47. The van der Waals surface area contributed by atoms with Crippen molar-refractivity contribution in [2.75, 3.05) is 0 Å². The molecule has 2 saturated carbocycles. The highest BCUT2D eigenvalue weighted by molar-refractivity contribution is 5.79. The Hall–Kier alpha value is -1.73. The summed E-state index contributed by atoms with van der Waals surface area (Å²) in [5, 5.41) is 0. The maximum Gasteiger partial charge on any atom is 0.416 e. The highest BCUT2D eigenvalue weighted by Gasteiger charge is 2.78. The second-order valence-electron chi connectivity index (χ2n) is 8.28. The van der Waals surface area contributed by atoms with Gasteiger partial charge in [-0.05, 0) is 47.3 Å². The molecule has 0 aliphatic heterocycles. The van der Waals surface area contributed by atoms with Gasteiger partial charge in [-0.1, -0.05) is 34.1 Å². The quantitative estimate of drug-likeness (QED) is 0.337. The molecule has 0 bridgehead atoms. The molecule has 0 N–H and O–H groups in total. The van der Waals surface area contributed by atoms with E-state index in [1.165, 1.54) is 0 Å². The number of ether oxygens (including phenoxy) is 1. The smallest absolute Gasteiger partial charge is 0.416 e. The first kappa shape index (κ1) is 21.0. The average molecular weight is 408 g/mol. The summed E-state index contributed by atoms with van der Waals surface area (Å²) >= 11 is 0. The van der Waals surface area contributed by atoms with E-state index in [0.29, 0.717) is 12.1 Å². The molecule has 2 aliphatic carbocycles. The summed E-state index contributed by atoms with van der Waals surface area (Å²) in [6.45, 7) is 8.08. The van der Waals surface area contributed by atoms with Gasteiger partial charge in [0.05, 0.1) is 17.0 Å². The van der Waals surface area contributed by atoms with Gasteiger partial charge >= 0.3 is 18.3 Å². The van der Waals surface area contributed by atoms with E-state index >= 15 is 0 Å². The van der Waals surface area contributed by atoms with Crippen LogP contribution in [0, 0.1) is 35.0 Å². The van der Waals surface area contributed by atoms with Crippen molar-refractivity contribution in [3.63, 3.8) is 0 Å². The Morgan fingerprint density at radius 3 is 2.04 bits per heavy atom. The maximum atomic E-state index is 13.0. The molecule has 1 aromatic carbocycles. The van der Waals surface area contributed by atoms with Gasteiger partial charge in [-0.15, -0.1) is 0 Å². The first-order chi connectivity index (χ1) is 12.7. The van der Waals surface area contributed by atoms with Crippen LogP contribution in [0.15, 0.2) is 18.2 Å². The monoisotopic (exact) mass is 408 g/mol. The van der Waals surface area contributed by atoms with Crippen LogP contribution in [-0.4, -0.2) is 5.97 Å². The van der Waals surface area contributed by atoms with Crippen LogP contribution in [0.3, 0.4) is 0 Å². The summed E-state index contributed by atoms with van der Waals surface area (Å²) in [4.78, 5) is 12.7. The van der Waals surface area contributed by atoms with E-state index < -0.39 is 41.1 Å². The molecule has 0 aromatic heterocycles. The summed E-state index contributed by atoms with van der Waals surface area (Å²) < 4.78 is 83.0. The third-order valence-electron chi connectivity index (χ3n) is 6.93. The molecule has 6 unspecified atom stereocenters. The van der Waals surface area contributed by atoms with Crippen LogP contribution in [0.1, 0.15) is 45.2 Å². The minimum absolute atomic E-state index is 0.00986. The zero-order valence-electron chi connectivity index (χ0n) is 15.9. The van der Waals surface area contributed by atoms with Crippen LogP contribution in [0.25, 0.3) is 0 Å². The summed E-state index contributed by atoms with van der Waals surface area (Å²) in [6.07, 6.45) is -9.14. The van der Waals surface area contributed by atoms with Crippen molar-refractivity contribution >= 4 is 5.97 Å². The molecule has 0 saturated heterocycles. The van der Waals surface area contributed by atoms with Crippen molar-refractivity contribution in [3.8, 4) is 5.75 Å². The van der Waals surface area contributed by atoms with Crippen LogP contribution in [0.2, 0.25) is 0 Å². The number of hydrogen-bond donors (Lipinski definition) is 0. The van der Waals surface area contributed by atoms with E-state index in [-0.39, 0.29) is 35.2 Å². The first-order valence-electron chi connectivity index (χ1n) is 9.24. The van der Waals surface area contributed by atoms with E-state index in [0.717, 1.165) is 6.42 Å². The number of hydrogen-bond acceptors (Lipinski definition) is 2. The van der Waals surface area contributed by atoms with Gasteiger partial charge < -0.3 is 4.74 Å². The third kappa shape index (κ3) is 3.18. The van der Waals surface area contributed by atoms with Crippen LogP contribution in [0.5, 0.6) is 5.75 Å². The largest absolute Gasteiger partial charge is 0.426 e. The number of carbonyl (C=O) groups excluding carboxylic acids is 1.